The zero-order valence-electron chi connectivity index (χ0n) is 12.7. The van der Waals surface area contributed by atoms with Crippen LogP contribution >= 0.6 is 0 Å². The van der Waals surface area contributed by atoms with Crippen LogP contribution in [-0.2, 0) is 12.7 Å². The highest BCUT2D eigenvalue weighted by atomic mass is 19.4. The molecule has 0 bridgehead atoms. The number of halogens is 3. The van der Waals surface area contributed by atoms with Crippen LogP contribution in [0.15, 0.2) is 28.8 Å². The molecule has 0 aliphatic heterocycles. The molecule has 0 saturated carbocycles. The van der Waals surface area contributed by atoms with Crippen molar-refractivity contribution in [2.75, 3.05) is 19.7 Å². The van der Waals surface area contributed by atoms with E-state index in [9.17, 15) is 13.2 Å². The minimum atomic E-state index is -4.37. The lowest BCUT2D eigenvalue weighted by molar-refractivity contribution is -0.137. The van der Waals surface area contributed by atoms with Gasteiger partial charge in [0, 0.05) is 12.1 Å². The van der Waals surface area contributed by atoms with Gasteiger partial charge in [0.2, 0.25) is 11.7 Å². The predicted octanol–water partition coefficient (Wildman–Crippen LogP) is 2.96. The van der Waals surface area contributed by atoms with Crippen LogP contribution in [0.3, 0.4) is 0 Å². The van der Waals surface area contributed by atoms with E-state index in [1.54, 1.807) is 0 Å². The molecule has 0 unspecified atom stereocenters. The van der Waals surface area contributed by atoms with Crippen LogP contribution in [0.5, 0.6) is 0 Å². The molecule has 0 aliphatic rings. The Morgan fingerprint density at radius 3 is 2.43 bits per heavy atom. The number of hydrogen-bond donors (Lipinski definition) is 1. The molecule has 1 heterocycles. The Labute approximate surface area is 131 Å². The van der Waals surface area contributed by atoms with E-state index >= 15 is 0 Å². The molecule has 0 radical (unpaired) electrons. The van der Waals surface area contributed by atoms with Gasteiger partial charge in [0.15, 0.2) is 0 Å². The lowest BCUT2D eigenvalue weighted by Gasteiger charge is -2.17. The number of aromatic nitrogens is 2. The van der Waals surface area contributed by atoms with Gasteiger partial charge in [0.1, 0.15) is 0 Å². The first-order valence-corrected chi connectivity index (χ1v) is 7.27. The minimum absolute atomic E-state index is 0.0277. The maximum Gasteiger partial charge on any atom is 0.416 e. The first-order valence-electron chi connectivity index (χ1n) is 7.27. The second-order valence-electron chi connectivity index (χ2n) is 5.09. The summed E-state index contributed by atoms with van der Waals surface area (Å²) >= 11 is 0. The van der Waals surface area contributed by atoms with Crippen LogP contribution in [0.1, 0.15) is 24.8 Å². The highest BCUT2D eigenvalue weighted by Crippen LogP contribution is 2.30. The zero-order chi connectivity index (χ0) is 16.9. The first kappa shape index (κ1) is 17.4. The van der Waals surface area contributed by atoms with Crippen LogP contribution in [0.4, 0.5) is 13.2 Å². The summed E-state index contributed by atoms with van der Waals surface area (Å²) in [7, 11) is 0. The van der Waals surface area contributed by atoms with Crippen LogP contribution in [-0.4, -0.2) is 39.8 Å². The summed E-state index contributed by atoms with van der Waals surface area (Å²) in [6.07, 6.45) is -3.45. The van der Waals surface area contributed by atoms with E-state index < -0.39 is 11.7 Å². The smallest absolute Gasteiger partial charge is 0.395 e. The topological polar surface area (TPSA) is 62.4 Å². The van der Waals surface area contributed by atoms with Gasteiger partial charge in [-0.1, -0.05) is 24.2 Å². The highest BCUT2D eigenvalue weighted by molar-refractivity contribution is 5.54. The quantitative estimate of drug-likeness (QED) is 0.846. The summed E-state index contributed by atoms with van der Waals surface area (Å²) in [5.41, 5.74) is -0.265. The number of benzene rings is 1. The molecule has 1 aromatic carbocycles. The maximum atomic E-state index is 12.5. The molecule has 0 fully saturated rings. The Morgan fingerprint density at radius 1 is 1.17 bits per heavy atom. The molecule has 126 valence electrons. The summed E-state index contributed by atoms with van der Waals surface area (Å²) in [6, 6.07) is 4.60. The van der Waals surface area contributed by atoms with Crippen LogP contribution in [0.25, 0.3) is 11.4 Å². The van der Waals surface area contributed by atoms with E-state index in [-0.39, 0.29) is 12.4 Å². The second kappa shape index (κ2) is 7.56. The van der Waals surface area contributed by atoms with Gasteiger partial charge >= 0.3 is 6.18 Å². The molecular weight excluding hydrogens is 311 g/mol. The minimum Gasteiger partial charge on any atom is -0.395 e. The number of aliphatic hydroxyl groups excluding tert-OH is 1. The SMILES string of the molecule is CCCN(CCO)Cc1nc(-c2ccc(C(F)(F)F)cc2)no1. The standard InChI is InChI=1S/C15H18F3N3O2/c1-2-7-21(8-9-22)10-13-19-14(20-23-13)11-3-5-12(6-4-11)15(16,17)18/h3-6,22H,2,7-10H2,1H3. The van der Waals surface area contributed by atoms with Crippen molar-refractivity contribution >= 4 is 0 Å². The van der Waals surface area contributed by atoms with E-state index in [0.717, 1.165) is 25.1 Å². The molecule has 2 aromatic rings. The molecule has 0 aliphatic carbocycles. The van der Waals surface area contributed by atoms with Crippen molar-refractivity contribution in [1.29, 1.82) is 0 Å². The van der Waals surface area contributed by atoms with Crippen LogP contribution < -0.4 is 0 Å². The van der Waals surface area contributed by atoms with Crippen molar-refractivity contribution in [3.63, 3.8) is 0 Å². The third-order valence-electron chi connectivity index (χ3n) is 3.25. The summed E-state index contributed by atoms with van der Waals surface area (Å²) in [6.45, 7) is 3.71. The van der Waals surface area contributed by atoms with E-state index in [1.165, 1.54) is 12.1 Å². The molecule has 0 amide bonds. The van der Waals surface area contributed by atoms with E-state index in [0.29, 0.717) is 24.5 Å². The molecule has 23 heavy (non-hydrogen) atoms. The molecule has 0 atom stereocenters. The molecule has 0 saturated heterocycles. The van der Waals surface area contributed by atoms with Gasteiger partial charge in [0.05, 0.1) is 18.7 Å². The van der Waals surface area contributed by atoms with Gasteiger partial charge < -0.3 is 9.63 Å². The van der Waals surface area contributed by atoms with Crippen molar-refractivity contribution in [2.45, 2.75) is 26.1 Å². The van der Waals surface area contributed by atoms with Gasteiger partial charge in [-0.15, -0.1) is 0 Å². The normalized spacial score (nSPS) is 12.1. The maximum absolute atomic E-state index is 12.5. The number of hydrogen-bond acceptors (Lipinski definition) is 5. The monoisotopic (exact) mass is 329 g/mol. The van der Waals surface area contributed by atoms with Crippen molar-refractivity contribution < 1.29 is 22.8 Å². The van der Waals surface area contributed by atoms with Crippen molar-refractivity contribution in [1.82, 2.24) is 15.0 Å². The number of nitrogens with zero attached hydrogens (tertiary/aromatic N) is 3. The lowest BCUT2D eigenvalue weighted by Crippen LogP contribution is -2.27. The molecular formula is C15H18F3N3O2. The Hall–Kier alpha value is -1.93. The van der Waals surface area contributed by atoms with E-state index in [1.807, 2.05) is 11.8 Å². The Balaban J connectivity index is 2.09. The van der Waals surface area contributed by atoms with Crippen molar-refractivity contribution in [3.8, 4) is 11.4 Å². The number of aliphatic hydroxyl groups is 1. The average molecular weight is 329 g/mol. The highest BCUT2D eigenvalue weighted by Gasteiger charge is 2.30. The molecule has 2 rings (SSSR count). The molecule has 1 aromatic heterocycles. The molecule has 5 nitrogen and oxygen atoms in total. The van der Waals surface area contributed by atoms with E-state index in [2.05, 4.69) is 10.1 Å². The Bertz CT molecular complexity index is 605. The fraction of sp³-hybridized carbons (Fsp3) is 0.467. The van der Waals surface area contributed by atoms with E-state index in [4.69, 9.17) is 9.63 Å². The lowest BCUT2D eigenvalue weighted by atomic mass is 10.1. The number of alkyl halides is 3. The van der Waals surface area contributed by atoms with Gasteiger partial charge in [0.25, 0.3) is 0 Å². The van der Waals surface area contributed by atoms with Crippen LogP contribution in [0.2, 0.25) is 0 Å². The summed E-state index contributed by atoms with van der Waals surface area (Å²) in [5.74, 6) is 0.607. The second-order valence-corrected chi connectivity index (χ2v) is 5.09. The number of rotatable bonds is 7. The predicted molar refractivity (Wildman–Crippen MR) is 77.4 cm³/mol. The summed E-state index contributed by atoms with van der Waals surface area (Å²) in [5, 5.41) is 12.8. The third kappa shape index (κ3) is 4.77. The average Bonchev–Trinajstić information content (AvgIpc) is 2.95. The fourth-order valence-corrected chi connectivity index (χ4v) is 2.16. The van der Waals surface area contributed by atoms with Gasteiger partial charge in [-0.3, -0.25) is 4.90 Å². The van der Waals surface area contributed by atoms with Gasteiger partial charge in [-0.25, -0.2) is 0 Å². The summed E-state index contributed by atoms with van der Waals surface area (Å²) < 4.78 is 42.8. The van der Waals surface area contributed by atoms with Gasteiger partial charge in [-0.2, -0.15) is 18.2 Å². The summed E-state index contributed by atoms with van der Waals surface area (Å²) in [4.78, 5) is 6.16. The molecule has 8 heteroatoms. The first-order chi connectivity index (χ1) is 10.9. The molecule has 1 N–H and O–H groups in total. The van der Waals surface area contributed by atoms with Gasteiger partial charge in [-0.05, 0) is 25.1 Å². The Morgan fingerprint density at radius 2 is 1.87 bits per heavy atom. The van der Waals surface area contributed by atoms with Crippen molar-refractivity contribution in [2.24, 2.45) is 0 Å². The molecule has 0 spiro atoms. The Kier molecular flexibility index (Phi) is 5.73. The van der Waals surface area contributed by atoms with Crippen LogP contribution in [0, 0.1) is 0 Å². The largest absolute Gasteiger partial charge is 0.416 e. The fourth-order valence-electron chi connectivity index (χ4n) is 2.16. The zero-order valence-corrected chi connectivity index (χ0v) is 12.7. The van der Waals surface area contributed by atoms with Crippen molar-refractivity contribution in [3.05, 3.63) is 35.7 Å². The third-order valence-corrected chi connectivity index (χ3v) is 3.25.